The highest BCUT2D eigenvalue weighted by Gasteiger charge is 2.19. The van der Waals surface area contributed by atoms with Crippen molar-refractivity contribution < 1.29 is 9.90 Å². The Kier molecular flexibility index (Phi) is 5.96. The number of anilines is 1. The minimum absolute atomic E-state index is 0.000780. The van der Waals surface area contributed by atoms with Crippen molar-refractivity contribution >= 4 is 23.1 Å². The van der Waals surface area contributed by atoms with Crippen LogP contribution in [0.1, 0.15) is 36.8 Å². The van der Waals surface area contributed by atoms with Gasteiger partial charge in [0, 0.05) is 17.2 Å². The quantitative estimate of drug-likeness (QED) is 0.746. The van der Waals surface area contributed by atoms with Crippen LogP contribution in [-0.2, 0) is 5.41 Å². The van der Waals surface area contributed by atoms with Crippen LogP contribution in [0.25, 0.3) is 0 Å². The second-order valence-corrected chi connectivity index (χ2v) is 6.97. The van der Waals surface area contributed by atoms with Crippen molar-refractivity contribution in [2.45, 2.75) is 31.7 Å². The summed E-state index contributed by atoms with van der Waals surface area (Å²) in [6.45, 7) is 3.70. The van der Waals surface area contributed by atoms with Crippen LogP contribution >= 0.6 is 11.3 Å². The Morgan fingerprint density at radius 3 is 2.58 bits per heavy atom. The van der Waals surface area contributed by atoms with Gasteiger partial charge in [0.05, 0.1) is 17.5 Å². The van der Waals surface area contributed by atoms with Gasteiger partial charge in [0.1, 0.15) is 0 Å². The van der Waals surface area contributed by atoms with E-state index in [1.54, 1.807) is 23.5 Å². The van der Waals surface area contributed by atoms with E-state index in [0.717, 1.165) is 10.4 Å². The lowest BCUT2D eigenvalue weighted by Gasteiger charge is -2.18. The highest BCUT2D eigenvalue weighted by atomic mass is 32.1. The molecule has 6 heteroatoms. The molecule has 24 heavy (non-hydrogen) atoms. The largest absolute Gasteiger partial charge is 0.396 e. The van der Waals surface area contributed by atoms with Crippen molar-refractivity contribution in [1.29, 1.82) is 5.26 Å². The van der Waals surface area contributed by atoms with Gasteiger partial charge in [0.25, 0.3) is 0 Å². The molecule has 1 atom stereocenters. The SMILES string of the molecule is CC(C)(C#N)c1ccc(NC(=O)N[C@H](CCO)c2cccs2)cc1. The van der Waals surface area contributed by atoms with Crippen LogP contribution in [0.3, 0.4) is 0 Å². The number of nitrogens with one attached hydrogen (secondary N) is 2. The number of amides is 2. The monoisotopic (exact) mass is 343 g/mol. The number of thiophene rings is 1. The number of hydrogen-bond acceptors (Lipinski definition) is 4. The Balaban J connectivity index is 2.00. The normalized spacial score (nSPS) is 12.2. The number of aliphatic hydroxyl groups excluding tert-OH is 1. The molecule has 1 aromatic carbocycles. The van der Waals surface area contributed by atoms with E-state index in [0.29, 0.717) is 12.1 Å². The number of carbonyl (C=O) groups excluding carboxylic acids is 1. The first-order valence-corrected chi connectivity index (χ1v) is 8.58. The van der Waals surface area contributed by atoms with E-state index >= 15 is 0 Å². The molecule has 0 saturated heterocycles. The lowest BCUT2D eigenvalue weighted by molar-refractivity contribution is 0.239. The van der Waals surface area contributed by atoms with E-state index < -0.39 is 5.41 Å². The molecule has 0 radical (unpaired) electrons. The number of aliphatic hydroxyl groups is 1. The number of carbonyl (C=O) groups is 1. The summed E-state index contributed by atoms with van der Waals surface area (Å²) in [6.07, 6.45) is 0.462. The summed E-state index contributed by atoms with van der Waals surface area (Å²) in [5.74, 6) is 0. The van der Waals surface area contributed by atoms with Crippen molar-refractivity contribution in [2.75, 3.05) is 11.9 Å². The topological polar surface area (TPSA) is 85.2 Å². The lowest BCUT2D eigenvalue weighted by atomic mass is 9.86. The molecule has 1 aromatic heterocycles. The summed E-state index contributed by atoms with van der Waals surface area (Å²) in [4.78, 5) is 13.2. The standard InChI is InChI=1S/C18H21N3O2S/c1-18(2,12-19)13-5-7-14(8-6-13)20-17(23)21-15(9-10-22)16-4-3-11-24-16/h3-8,11,15,22H,9-10H2,1-2H3,(H2,20,21,23)/t15-/m1/s1. The van der Waals surface area contributed by atoms with E-state index in [4.69, 9.17) is 5.26 Å². The summed E-state index contributed by atoms with van der Waals surface area (Å²) in [6, 6.07) is 12.8. The first-order valence-electron chi connectivity index (χ1n) is 7.70. The molecular formula is C18H21N3O2S. The number of hydrogen-bond donors (Lipinski definition) is 3. The summed E-state index contributed by atoms with van der Waals surface area (Å²) >= 11 is 1.54. The maximum atomic E-state index is 12.2. The highest BCUT2D eigenvalue weighted by Crippen LogP contribution is 2.24. The lowest BCUT2D eigenvalue weighted by Crippen LogP contribution is -2.32. The Labute approximate surface area is 145 Å². The van der Waals surface area contributed by atoms with E-state index in [1.165, 1.54) is 0 Å². The van der Waals surface area contributed by atoms with Gasteiger partial charge in [0.2, 0.25) is 0 Å². The molecule has 0 fully saturated rings. The van der Waals surface area contributed by atoms with Gasteiger partial charge in [-0.2, -0.15) is 5.26 Å². The minimum atomic E-state index is -0.563. The number of nitriles is 1. The minimum Gasteiger partial charge on any atom is -0.396 e. The van der Waals surface area contributed by atoms with Gasteiger partial charge in [0.15, 0.2) is 0 Å². The van der Waals surface area contributed by atoms with Crippen LogP contribution in [0.15, 0.2) is 41.8 Å². The molecule has 2 amide bonds. The number of benzene rings is 1. The molecule has 2 rings (SSSR count). The van der Waals surface area contributed by atoms with Gasteiger partial charge in [-0.15, -0.1) is 11.3 Å². The molecule has 5 nitrogen and oxygen atoms in total. The maximum Gasteiger partial charge on any atom is 0.319 e. The molecule has 2 aromatic rings. The van der Waals surface area contributed by atoms with Gasteiger partial charge in [-0.1, -0.05) is 18.2 Å². The van der Waals surface area contributed by atoms with Crippen LogP contribution in [-0.4, -0.2) is 17.7 Å². The Bertz CT molecular complexity index is 703. The second-order valence-electron chi connectivity index (χ2n) is 5.99. The van der Waals surface area contributed by atoms with Gasteiger partial charge in [-0.05, 0) is 49.4 Å². The molecule has 0 aliphatic rings. The Morgan fingerprint density at radius 2 is 2.04 bits per heavy atom. The van der Waals surface area contributed by atoms with Crippen LogP contribution in [0.5, 0.6) is 0 Å². The molecular weight excluding hydrogens is 322 g/mol. The fourth-order valence-corrected chi connectivity index (χ4v) is 3.08. The van der Waals surface area contributed by atoms with E-state index in [1.807, 2.05) is 43.5 Å². The summed E-state index contributed by atoms with van der Waals surface area (Å²) in [7, 11) is 0. The Morgan fingerprint density at radius 1 is 1.33 bits per heavy atom. The third-order valence-electron chi connectivity index (χ3n) is 3.75. The van der Waals surface area contributed by atoms with Crippen molar-refractivity contribution in [1.82, 2.24) is 5.32 Å². The number of urea groups is 1. The predicted molar refractivity (Wildman–Crippen MR) is 96.0 cm³/mol. The molecule has 0 bridgehead atoms. The smallest absolute Gasteiger partial charge is 0.319 e. The first kappa shape index (κ1) is 18.0. The average Bonchev–Trinajstić information content (AvgIpc) is 3.09. The highest BCUT2D eigenvalue weighted by molar-refractivity contribution is 7.10. The zero-order valence-corrected chi connectivity index (χ0v) is 14.6. The molecule has 0 aliphatic carbocycles. The molecule has 1 heterocycles. The van der Waals surface area contributed by atoms with E-state index in [9.17, 15) is 9.90 Å². The zero-order valence-electron chi connectivity index (χ0n) is 13.7. The molecule has 3 N–H and O–H groups in total. The first-order chi connectivity index (χ1) is 11.5. The predicted octanol–water partition coefficient (Wildman–Crippen LogP) is 3.79. The van der Waals surface area contributed by atoms with Crippen LogP contribution in [0.2, 0.25) is 0 Å². The molecule has 0 spiro atoms. The van der Waals surface area contributed by atoms with Crippen molar-refractivity contribution in [3.05, 3.63) is 52.2 Å². The van der Waals surface area contributed by atoms with E-state index in [-0.39, 0.29) is 18.7 Å². The van der Waals surface area contributed by atoms with Crippen LogP contribution in [0, 0.1) is 11.3 Å². The summed E-state index contributed by atoms with van der Waals surface area (Å²) in [5, 5.41) is 25.9. The molecule has 0 aliphatic heterocycles. The fraction of sp³-hybridized carbons (Fsp3) is 0.333. The summed E-state index contributed by atoms with van der Waals surface area (Å²) in [5.41, 5.74) is 0.984. The third kappa shape index (κ3) is 4.57. The third-order valence-corrected chi connectivity index (χ3v) is 4.74. The number of nitrogens with zero attached hydrogens (tertiary/aromatic N) is 1. The van der Waals surface area contributed by atoms with Gasteiger partial charge in [-0.3, -0.25) is 0 Å². The van der Waals surface area contributed by atoms with Crippen molar-refractivity contribution in [2.24, 2.45) is 0 Å². The summed E-state index contributed by atoms with van der Waals surface area (Å²) < 4.78 is 0. The van der Waals surface area contributed by atoms with Gasteiger partial charge >= 0.3 is 6.03 Å². The van der Waals surface area contributed by atoms with Crippen molar-refractivity contribution in [3.63, 3.8) is 0 Å². The molecule has 0 saturated carbocycles. The number of rotatable bonds is 6. The fourth-order valence-electron chi connectivity index (χ4n) is 2.26. The average molecular weight is 343 g/mol. The van der Waals surface area contributed by atoms with Crippen molar-refractivity contribution in [3.8, 4) is 6.07 Å². The van der Waals surface area contributed by atoms with Crippen LogP contribution in [0.4, 0.5) is 10.5 Å². The van der Waals surface area contributed by atoms with E-state index in [2.05, 4.69) is 16.7 Å². The van der Waals surface area contributed by atoms with Crippen LogP contribution < -0.4 is 10.6 Å². The van der Waals surface area contributed by atoms with Gasteiger partial charge in [-0.25, -0.2) is 4.79 Å². The molecule has 126 valence electrons. The van der Waals surface area contributed by atoms with Gasteiger partial charge < -0.3 is 15.7 Å². The zero-order chi connectivity index (χ0) is 17.6. The maximum absolute atomic E-state index is 12.2. The second kappa shape index (κ2) is 7.95. The molecule has 0 unspecified atom stereocenters. The Hall–Kier alpha value is -2.36.